The van der Waals surface area contributed by atoms with Crippen LogP contribution >= 0.6 is 0 Å². The molecule has 0 bridgehead atoms. The van der Waals surface area contributed by atoms with Gasteiger partial charge in [-0.3, -0.25) is 0 Å². The first kappa shape index (κ1) is 9.71. The van der Waals surface area contributed by atoms with E-state index in [1.165, 1.54) is 1.46 Å². The van der Waals surface area contributed by atoms with Gasteiger partial charge in [0.25, 0.3) is 0 Å². The molecule has 5 heavy (non-hydrogen) atoms. The van der Waals surface area contributed by atoms with Crippen molar-refractivity contribution in [2.45, 2.75) is 1.46 Å². The van der Waals surface area contributed by atoms with Crippen molar-refractivity contribution in [1.82, 2.24) is 0 Å². The van der Waals surface area contributed by atoms with Crippen molar-refractivity contribution < 1.29 is 55.2 Å². The van der Waals surface area contributed by atoms with Gasteiger partial charge < -0.3 is 12.4 Å². The van der Waals surface area contributed by atoms with Crippen LogP contribution in [0.3, 0.4) is 0 Å². The topological polar surface area (TPSA) is 0 Å². The van der Waals surface area contributed by atoms with Gasteiger partial charge in [0.1, 0.15) is 0 Å². The molecule has 0 heterocycles. The van der Waals surface area contributed by atoms with Crippen molar-refractivity contribution in [2.75, 3.05) is 0 Å². The Labute approximate surface area is 68.2 Å². The zero-order valence-electron chi connectivity index (χ0n) is 3.08. The quantitative estimate of drug-likeness (QED) is 0.499. The van der Waals surface area contributed by atoms with Crippen LogP contribution < -0.4 is 12.4 Å². The largest absolute Gasteiger partial charge is 1.00 e. The molecule has 26 valence electrons. The maximum Gasteiger partial charge on any atom is -1.00 e. The van der Waals surface area contributed by atoms with Gasteiger partial charge in [0.05, 0.1) is 0 Å². The van der Waals surface area contributed by atoms with Gasteiger partial charge in [0, 0.05) is 0 Å². The Bertz CT molecular complexity index is 20.9. The molecular formula is C3H5ClRa. The molecule has 2 heteroatoms. The molecule has 0 aromatic rings. The minimum Gasteiger partial charge on any atom is -1.00 e. The predicted octanol–water partition coefficient (Wildman–Crippen LogP) is -1.86. The molecule has 0 unspecified atom stereocenters. The van der Waals surface area contributed by atoms with E-state index in [2.05, 4.69) is 6.58 Å². The van der Waals surface area contributed by atoms with Crippen molar-refractivity contribution in [3.63, 3.8) is 0 Å². The van der Waals surface area contributed by atoms with E-state index >= 15 is 0 Å². The first-order valence-corrected chi connectivity index (χ1v) is 5.43. The molecule has 0 spiro atoms. The van der Waals surface area contributed by atoms with E-state index in [0.717, 1.165) is 42.8 Å². The van der Waals surface area contributed by atoms with Crippen LogP contribution in [-0.4, -0.2) is 0 Å². The standard InChI is InChI=1S/C3H5.ClH.Ra/c1-3-2;;/h3H,1-2H2;1H;/q;;+1/p-1. The second-order valence-electron chi connectivity index (χ2n) is 0.577. The minimum absolute atomic E-state index is 0. The molecule has 0 atom stereocenters. The van der Waals surface area contributed by atoms with Crippen LogP contribution in [0.25, 0.3) is 0 Å². The Balaban J connectivity index is 0. The first-order chi connectivity index (χ1) is 1.91. The van der Waals surface area contributed by atoms with E-state index in [0.29, 0.717) is 0 Å². The molecule has 0 aliphatic rings. The summed E-state index contributed by atoms with van der Waals surface area (Å²) in [5, 5.41) is 0. The zero-order valence-corrected chi connectivity index (χ0v) is 9.64. The number of allylic oxidation sites excluding steroid dienone is 1. The van der Waals surface area contributed by atoms with E-state index in [9.17, 15) is 0 Å². The molecule has 0 aliphatic heterocycles. The normalized spacial score (nSPS) is 5.20. The average Bonchev–Trinajstić information content (AvgIpc) is 1.37. The van der Waals surface area contributed by atoms with E-state index in [-0.39, 0.29) is 12.4 Å². The number of hydrogen-bond acceptors (Lipinski definition) is 0. The summed E-state index contributed by atoms with van der Waals surface area (Å²) in [4.78, 5) is 0. The average molecular weight is 303 g/mol. The van der Waals surface area contributed by atoms with Gasteiger partial charge in [0.15, 0.2) is 0 Å². The van der Waals surface area contributed by atoms with Crippen LogP contribution in [0.15, 0.2) is 12.7 Å². The number of halogens is 1. The molecule has 0 N–H and O–H groups in total. The second kappa shape index (κ2) is 9.09. The summed E-state index contributed by atoms with van der Waals surface area (Å²) in [7, 11) is 0. The van der Waals surface area contributed by atoms with Gasteiger partial charge in [-0.05, 0) is 0 Å². The molecule has 0 aromatic heterocycles. The predicted molar refractivity (Wildman–Crippen MR) is 15.0 cm³/mol. The van der Waals surface area contributed by atoms with Gasteiger partial charge >= 0.3 is 56.9 Å². The molecule has 0 nitrogen and oxygen atoms in total. The fraction of sp³-hybridized carbons (Fsp3) is 0.333. The van der Waals surface area contributed by atoms with Crippen LogP contribution in [-0.2, 0) is 0 Å². The summed E-state index contributed by atoms with van der Waals surface area (Å²) in [5.74, 6) is 0. The summed E-state index contributed by atoms with van der Waals surface area (Å²) in [6, 6.07) is 0. The summed E-state index contributed by atoms with van der Waals surface area (Å²) in [5.41, 5.74) is 0. The Morgan fingerprint density at radius 2 is 2.00 bits per heavy atom. The van der Waals surface area contributed by atoms with Crippen LogP contribution in [0.1, 0.15) is 0 Å². The van der Waals surface area contributed by atoms with Gasteiger partial charge in [-0.15, -0.1) is 0 Å². The number of rotatable bonds is 1. The maximum atomic E-state index is 3.53. The van der Waals surface area contributed by atoms with Gasteiger partial charge in [-0.1, -0.05) is 0 Å². The molecule has 0 fully saturated rings. The molecule has 0 amide bonds. The third kappa shape index (κ3) is 10.8. The van der Waals surface area contributed by atoms with Crippen LogP contribution in [0, 0.1) is 42.8 Å². The Kier molecular flexibility index (Phi) is 17.7. The summed E-state index contributed by atoms with van der Waals surface area (Å²) < 4.78 is 1.29. The third-order valence-corrected chi connectivity index (χ3v) is 1.88. The Morgan fingerprint density at radius 3 is 2.00 bits per heavy atom. The summed E-state index contributed by atoms with van der Waals surface area (Å²) >= 11 is 0.871. The molecule has 0 aromatic carbocycles. The second-order valence-corrected chi connectivity index (χ2v) is 2.95. The Hall–Kier alpha value is 1.50. The van der Waals surface area contributed by atoms with Crippen molar-refractivity contribution in [1.29, 1.82) is 0 Å². The zero-order chi connectivity index (χ0) is 3.41. The van der Waals surface area contributed by atoms with Gasteiger partial charge in [-0.2, -0.15) is 0 Å². The van der Waals surface area contributed by atoms with Crippen LogP contribution in [0.4, 0.5) is 0 Å². The van der Waals surface area contributed by atoms with E-state index in [4.69, 9.17) is 0 Å². The molecular weight excluding hydrogens is 297 g/mol. The molecule has 0 rings (SSSR count). The van der Waals surface area contributed by atoms with Gasteiger partial charge in [0.2, 0.25) is 0 Å². The molecule has 0 aliphatic carbocycles. The van der Waals surface area contributed by atoms with E-state index in [1.807, 2.05) is 6.08 Å². The van der Waals surface area contributed by atoms with Crippen molar-refractivity contribution in [2.24, 2.45) is 0 Å². The molecule has 0 radical (unpaired) electrons. The van der Waals surface area contributed by atoms with Crippen molar-refractivity contribution in [3.05, 3.63) is 12.7 Å². The van der Waals surface area contributed by atoms with E-state index in [1.54, 1.807) is 0 Å². The fourth-order valence-corrected chi connectivity index (χ4v) is 0. The van der Waals surface area contributed by atoms with Gasteiger partial charge in [-0.25, -0.2) is 0 Å². The third-order valence-electron chi connectivity index (χ3n) is 0.204. The summed E-state index contributed by atoms with van der Waals surface area (Å²) in [6.07, 6.45) is 1.97. The van der Waals surface area contributed by atoms with Crippen LogP contribution in [0.5, 0.6) is 0 Å². The smallest absolute Gasteiger partial charge is 1.00 e. The molecule has 0 saturated heterocycles. The SMILES string of the molecule is C=C[CH2][Ra+].[Cl-]. The van der Waals surface area contributed by atoms with E-state index < -0.39 is 0 Å². The fourth-order valence-electron chi connectivity index (χ4n) is 0. The van der Waals surface area contributed by atoms with Crippen molar-refractivity contribution in [3.8, 4) is 0 Å². The monoisotopic (exact) mass is 302 g/mol. The number of hydrogen-bond donors (Lipinski definition) is 0. The minimum atomic E-state index is 0. The first-order valence-electron chi connectivity index (χ1n) is 1.32. The maximum absolute atomic E-state index is 3.53. The van der Waals surface area contributed by atoms with Crippen molar-refractivity contribution >= 4 is 0 Å². The van der Waals surface area contributed by atoms with Crippen LogP contribution in [0.2, 0.25) is 1.46 Å². The summed E-state index contributed by atoms with van der Waals surface area (Å²) in [6.45, 7) is 3.53. The molecule has 0 saturated carbocycles. The Morgan fingerprint density at radius 1 is 1.80 bits per heavy atom.